The summed E-state index contributed by atoms with van der Waals surface area (Å²) in [6.07, 6.45) is 14.7. The van der Waals surface area contributed by atoms with Crippen molar-refractivity contribution in [3.05, 3.63) is 66.8 Å². The van der Waals surface area contributed by atoms with Gasteiger partial charge in [-0.3, -0.25) is 0 Å². The van der Waals surface area contributed by atoms with E-state index in [-0.39, 0.29) is 0 Å². The van der Waals surface area contributed by atoms with Crippen molar-refractivity contribution in [3.8, 4) is 5.75 Å². The summed E-state index contributed by atoms with van der Waals surface area (Å²) < 4.78 is 10.1. The smallest absolute Gasteiger partial charge is 0.119 e. The van der Waals surface area contributed by atoms with E-state index in [0.29, 0.717) is 0 Å². The molecule has 0 amide bonds. The monoisotopic (exact) mass is 324 g/mol. The van der Waals surface area contributed by atoms with Crippen LogP contribution in [0.15, 0.2) is 55.6 Å². The third-order valence-electron chi connectivity index (χ3n) is 3.89. The van der Waals surface area contributed by atoms with Gasteiger partial charge in [-0.05, 0) is 29.7 Å². The van der Waals surface area contributed by atoms with Crippen LogP contribution >= 0.6 is 0 Å². The summed E-state index contributed by atoms with van der Waals surface area (Å²) in [4.78, 5) is 8.23. The molecule has 24 heavy (non-hydrogen) atoms. The second kappa shape index (κ2) is 8.34. The molecule has 0 unspecified atom stereocenters. The maximum absolute atomic E-state index is 5.98. The quantitative estimate of drug-likeness (QED) is 0.563. The van der Waals surface area contributed by atoms with E-state index in [4.69, 9.17) is 4.74 Å². The Kier molecular flexibility index (Phi) is 5.66. The van der Waals surface area contributed by atoms with Crippen LogP contribution in [0.5, 0.6) is 5.75 Å². The zero-order valence-corrected chi connectivity index (χ0v) is 14.1. The highest BCUT2D eigenvalue weighted by atomic mass is 16.5. The van der Waals surface area contributed by atoms with Gasteiger partial charge in [-0.25, -0.2) is 9.97 Å². The second-order valence-corrected chi connectivity index (χ2v) is 6.01. The summed E-state index contributed by atoms with van der Waals surface area (Å²) in [5, 5.41) is 0. The average Bonchev–Trinajstić information content (AvgIpc) is 3.25. The standard InChI is InChI=1S/C19H24N4O/c1-2-3-4-9-24-19-11-17(13-22-7-5-20-15-22)10-18(12-19)14-23-8-6-21-16-23/h5-8,10-12,15-16H,2-4,9,13-14H2,1H3. The number of hydrogen-bond acceptors (Lipinski definition) is 3. The number of aromatic nitrogens is 4. The van der Waals surface area contributed by atoms with Crippen molar-refractivity contribution < 1.29 is 4.74 Å². The van der Waals surface area contributed by atoms with Crippen LogP contribution in [0.3, 0.4) is 0 Å². The molecule has 3 rings (SSSR count). The molecule has 0 aliphatic carbocycles. The number of hydrogen-bond donors (Lipinski definition) is 0. The summed E-state index contributed by atoms with van der Waals surface area (Å²) >= 11 is 0. The fraction of sp³-hybridized carbons (Fsp3) is 0.368. The SMILES string of the molecule is CCCCCOc1cc(Cn2ccnc2)cc(Cn2ccnc2)c1. The molecule has 1 aromatic carbocycles. The molecule has 0 aliphatic rings. The Hall–Kier alpha value is -2.56. The Morgan fingerprint density at radius 1 is 0.875 bits per heavy atom. The van der Waals surface area contributed by atoms with Gasteiger partial charge in [0.05, 0.1) is 19.3 Å². The maximum Gasteiger partial charge on any atom is 0.119 e. The van der Waals surface area contributed by atoms with Gasteiger partial charge >= 0.3 is 0 Å². The Bertz CT molecular complexity index is 665. The summed E-state index contributed by atoms with van der Waals surface area (Å²) in [6.45, 7) is 4.56. The van der Waals surface area contributed by atoms with Crippen LogP contribution in [0.1, 0.15) is 37.3 Å². The van der Waals surface area contributed by atoms with Gasteiger partial charge in [-0.1, -0.05) is 25.8 Å². The van der Waals surface area contributed by atoms with Crippen molar-refractivity contribution >= 4 is 0 Å². The number of ether oxygens (including phenoxy) is 1. The summed E-state index contributed by atoms with van der Waals surface area (Å²) in [7, 11) is 0. The minimum absolute atomic E-state index is 0.771. The number of rotatable bonds is 9. The Morgan fingerprint density at radius 3 is 2.00 bits per heavy atom. The van der Waals surface area contributed by atoms with Crippen LogP contribution in [-0.4, -0.2) is 25.7 Å². The largest absolute Gasteiger partial charge is 0.494 e. The zero-order chi connectivity index (χ0) is 16.6. The van der Waals surface area contributed by atoms with E-state index in [1.54, 1.807) is 12.4 Å². The lowest BCUT2D eigenvalue weighted by molar-refractivity contribution is 0.305. The zero-order valence-electron chi connectivity index (χ0n) is 14.1. The molecule has 5 heteroatoms. The van der Waals surface area contributed by atoms with E-state index < -0.39 is 0 Å². The highest BCUT2D eigenvalue weighted by molar-refractivity contribution is 5.35. The molecular weight excluding hydrogens is 300 g/mol. The van der Waals surface area contributed by atoms with Crippen LogP contribution in [0.2, 0.25) is 0 Å². The first-order valence-electron chi connectivity index (χ1n) is 8.50. The minimum Gasteiger partial charge on any atom is -0.494 e. The van der Waals surface area contributed by atoms with Gasteiger partial charge in [0.15, 0.2) is 0 Å². The topological polar surface area (TPSA) is 44.9 Å². The molecule has 126 valence electrons. The first-order valence-corrected chi connectivity index (χ1v) is 8.50. The van der Waals surface area contributed by atoms with Gasteiger partial charge in [0, 0.05) is 37.9 Å². The predicted molar refractivity (Wildman–Crippen MR) is 94.1 cm³/mol. The van der Waals surface area contributed by atoms with Crippen LogP contribution in [0, 0.1) is 0 Å². The molecule has 0 saturated carbocycles. The van der Waals surface area contributed by atoms with Crippen molar-refractivity contribution in [2.45, 2.75) is 39.3 Å². The predicted octanol–water partition coefficient (Wildman–Crippen LogP) is 3.75. The maximum atomic E-state index is 5.98. The molecule has 0 bridgehead atoms. The van der Waals surface area contributed by atoms with Crippen molar-refractivity contribution in [1.82, 2.24) is 19.1 Å². The summed E-state index contributed by atoms with van der Waals surface area (Å²) in [5.74, 6) is 0.943. The Labute approximate surface area is 142 Å². The van der Waals surface area contributed by atoms with Crippen LogP contribution in [0.4, 0.5) is 0 Å². The van der Waals surface area contributed by atoms with Crippen molar-refractivity contribution in [2.24, 2.45) is 0 Å². The van der Waals surface area contributed by atoms with E-state index in [1.807, 2.05) is 25.0 Å². The summed E-state index contributed by atoms with van der Waals surface area (Å²) in [6, 6.07) is 6.48. The molecule has 2 heterocycles. The fourth-order valence-electron chi connectivity index (χ4n) is 2.72. The molecule has 0 radical (unpaired) electrons. The van der Waals surface area contributed by atoms with E-state index in [9.17, 15) is 0 Å². The van der Waals surface area contributed by atoms with Crippen molar-refractivity contribution in [3.63, 3.8) is 0 Å². The van der Waals surface area contributed by atoms with Crippen LogP contribution in [-0.2, 0) is 13.1 Å². The van der Waals surface area contributed by atoms with Crippen molar-refractivity contribution in [1.29, 1.82) is 0 Å². The molecule has 5 nitrogen and oxygen atoms in total. The van der Waals surface area contributed by atoms with Gasteiger partial charge in [0.25, 0.3) is 0 Å². The minimum atomic E-state index is 0.771. The number of benzene rings is 1. The number of imidazole rings is 2. The van der Waals surface area contributed by atoms with E-state index >= 15 is 0 Å². The number of nitrogens with zero attached hydrogens (tertiary/aromatic N) is 4. The molecule has 3 aromatic rings. The van der Waals surface area contributed by atoms with Gasteiger partial charge in [-0.15, -0.1) is 0 Å². The van der Waals surface area contributed by atoms with Crippen molar-refractivity contribution in [2.75, 3.05) is 6.61 Å². The summed E-state index contributed by atoms with van der Waals surface area (Å²) in [5.41, 5.74) is 2.44. The van der Waals surface area contributed by atoms with E-state index in [1.165, 1.54) is 24.0 Å². The normalized spacial score (nSPS) is 10.9. The number of unbranched alkanes of at least 4 members (excludes halogenated alkanes) is 2. The highest BCUT2D eigenvalue weighted by Gasteiger charge is 2.05. The molecule has 0 fully saturated rings. The van der Waals surface area contributed by atoms with Gasteiger partial charge in [0.2, 0.25) is 0 Å². The lowest BCUT2D eigenvalue weighted by Gasteiger charge is -2.12. The Balaban J connectivity index is 1.75. The average molecular weight is 324 g/mol. The first-order chi connectivity index (χ1) is 11.8. The van der Waals surface area contributed by atoms with Gasteiger partial charge < -0.3 is 13.9 Å². The molecule has 0 atom stereocenters. The third kappa shape index (κ3) is 4.72. The molecule has 0 saturated heterocycles. The fourth-order valence-corrected chi connectivity index (χ4v) is 2.72. The van der Waals surface area contributed by atoms with E-state index in [0.717, 1.165) is 31.9 Å². The Morgan fingerprint density at radius 2 is 1.50 bits per heavy atom. The molecule has 0 aliphatic heterocycles. The molecule has 0 N–H and O–H groups in total. The highest BCUT2D eigenvalue weighted by Crippen LogP contribution is 2.20. The van der Waals surface area contributed by atoms with Crippen LogP contribution < -0.4 is 4.74 Å². The lowest BCUT2D eigenvalue weighted by atomic mass is 10.1. The van der Waals surface area contributed by atoms with Crippen LogP contribution in [0.25, 0.3) is 0 Å². The van der Waals surface area contributed by atoms with Gasteiger partial charge in [-0.2, -0.15) is 0 Å². The lowest BCUT2D eigenvalue weighted by Crippen LogP contribution is -2.03. The molecular formula is C19H24N4O. The molecule has 2 aromatic heterocycles. The first kappa shape index (κ1) is 16.3. The second-order valence-electron chi connectivity index (χ2n) is 6.01. The van der Waals surface area contributed by atoms with E-state index in [2.05, 4.69) is 44.2 Å². The molecule has 0 spiro atoms. The third-order valence-corrected chi connectivity index (χ3v) is 3.89. The van der Waals surface area contributed by atoms with Gasteiger partial charge in [0.1, 0.15) is 5.75 Å².